The van der Waals surface area contributed by atoms with Gasteiger partial charge in [0.25, 0.3) is 5.91 Å². The molecule has 0 saturated carbocycles. The smallest absolute Gasteiger partial charge is 0.266 e. The molecule has 0 unspecified atom stereocenters. The number of hydrogen-bond donors (Lipinski definition) is 1. The molecule has 0 aliphatic carbocycles. The lowest BCUT2D eigenvalue weighted by Crippen LogP contribution is -2.14. The summed E-state index contributed by atoms with van der Waals surface area (Å²) in [6.45, 7) is 5.78. The molecule has 0 radical (unpaired) electrons. The third kappa shape index (κ3) is 6.31. The molecule has 0 heterocycles. The zero-order valence-corrected chi connectivity index (χ0v) is 18.8. The predicted octanol–water partition coefficient (Wildman–Crippen LogP) is 6.64. The van der Waals surface area contributed by atoms with Crippen molar-refractivity contribution in [1.29, 1.82) is 5.26 Å². The summed E-state index contributed by atoms with van der Waals surface area (Å²) in [4.78, 5) is 12.7. The number of carbonyl (C=O) groups excluding carboxylic acids is 1. The number of carbonyl (C=O) groups is 1. The molecule has 0 atom stereocenters. The van der Waals surface area contributed by atoms with Crippen molar-refractivity contribution >= 4 is 29.3 Å². The molecule has 33 heavy (non-hydrogen) atoms. The van der Waals surface area contributed by atoms with Gasteiger partial charge in [-0.1, -0.05) is 41.9 Å². The number of nitrogens with one attached hydrogen (secondary N) is 1. The number of rotatable bonds is 8. The molecule has 3 aromatic rings. The summed E-state index contributed by atoms with van der Waals surface area (Å²) in [5.41, 5.74) is 3.42. The van der Waals surface area contributed by atoms with E-state index in [2.05, 4.69) is 11.9 Å². The molecular formula is C27H22ClFN2O2. The second-order valence-corrected chi connectivity index (χ2v) is 7.72. The van der Waals surface area contributed by atoms with Gasteiger partial charge in [0.05, 0.1) is 0 Å². The minimum Gasteiger partial charge on any atom is -0.489 e. The van der Waals surface area contributed by atoms with Crippen LogP contribution >= 0.6 is 11.6 Å². The van der Waals surface area contributed by atoms with Gasteiger partial charge < -0.3 is 10.1 Å². The molecule has 0 aliphatic heterocycles. The summed E-state index contributed by atoms with van der Waals surface area (Å²) in [5.74, 6) is -0.230. The Kier molecular flexibility index (Phi) is 8.01. The van der Waals surface area contributed by atoms with Crippen molar-refractivity contribution in [3.8, 4) is 11.8 Å². The largest absolute Gasteiger partial charge is 0.489 e. The highest BCUT2D eigenvalue weighted by Crippen LogP contribution is 2.25. The fourth-order valence-corrected chi connectivity index (χ4v) is 3.36. The van der Waals surface area contributed by atoms with Gasteiger partial charge in [-0.15, -0.1) is 6.58 Å². The molecule has 4 nitrogen and oxygen atoms in total. The van der Waals surface area contributed by atoms with Crippen molar-refractivity contribution in [2.75, 3.05) is 5.32 Å². The predicted molar refractivity (Wildman–Crippen MR) is 129 cm³/mol. The highest BCUT2D eigenvalue weighted by molar-refractivity contribution is 6.31. The van der Waals surface area contributed by atoms with Crippen LogP contribution in [0, 0.1) is 24.1 Å². The Balaban J connectivity index is 1.81. The van der Waals surface area contributed by atoms with E-state index in [0.717, 1.165) is 11.1 Å². The molecule has 3 rings (SSSR count). The minimum atomic E-state index is -0.528. The fraction of sp³-hybridized carbons (Fsp3) is 0.111. The maximum atomic E-state index is 13.4. The second-order valence-electron chi connectivity index (χ2n) is 7.31. The Hall–Kier alpha value is -3.88. The summed E-state index contributed by atoms with van der Waals surface area (Å²) >= 11 is 6.11. The van der Waals surface area contributed by atoms with Crippen molar-refractivity contribution < 1.29 is 13.9 Å². The number of amides is 1. The first-order valence-electron chi connectivity index (χ1n) is 10.2. The van der Waals surface area contributed by atoms with Crippen LogP contribution in [-0.4, -0.2) is 5.91 Å². The van der Waals surface area contributed by atoms with Gasteiger partial charge in [-0.3, -0.25) is 4.79 Å². The van der Waals surface area contributed by atoms with Gasteiger partial charge >= 0.3 is 0 Å². The Labute approximate surface area is 197 Å². The second kappa shape index (κ2) is 11.1. The maximum Gasteiger partial charge on any atom is 0.266 e. The van der Waals surface area contributed by atoms with Gasteiger partial charge in [0.2, 0.25) is 0 Å². The van der Waals surface area contributed by atoms with E-state index in [1.165, 1.54) is 18.2 Å². The number of nitriles is 1. The molecule has 0 aromatic heterocycles. The molecule has 0 bridgehead atoms. The molecule has 1 N–H and O–H groups in total. The Morgan fingerprint density at radius 1 is 1.21 bits per heavy atom. The molecule has 1 amide bonds. The Bertz CT molecular complexity index is 1260. The van der Waals surface area contributed by atoms with E-state index >= 15 is 0 Å². The monoisotopic (exact) mass is 460 g/mol. The molecule has 0 spiro atoms. The first kappa shape index (κ1) is 23.8. The van der Waals surface area contributed by atoms with Crippen LogP contribution in [0.25, 0.3) is 6.08 Å². The number of benzene rings is 3. The normalized spacial score (nSPS) is 10.9. The van der Waals surface area contributed by atoms with Crippen LogP contribution < -0.4 is 10.1 Å². The van der Waals surface area contributed by atoms with Gasteiger partial charge in [0.1, 0.15) is 29.8 Å². The Morgan fingerprint density at radius 2 is 2.00 bits per heavy atom. The highest BCUT2D eigenvalue weighted by atomic mass is 35.5. The zero-order valence-electron chi connectivity index (χ0n) is 18.1. The Morgan fingerprint density at radius 3 is 2.73 bits per heavy atom. The zero-order chi connectivity index (χ0) is 23.8. The van der Waals surface area contributed by atoms with Crippen LogP contribution in [0.4, 0.5) is 10.1 Å². The van der Waals surface area contributed by atoms with Crippen molar-refractivity contribution in [3.63, 3.8) is 0 Å². The average Bonchev–Trinajstić information content (AvgIpc) is 2.80. The molecule has 0 aliphatic rings. The third-order valence-corrected chi connectivity index (χ3v) is 5.33. The number of anilines is 1. The number of nitrogens with zero attached hydrogens (tertiary/aromatic N) is 1. The number of halogens is 2. The first-order valence-corrected chi connectivity index (χ1v) is 10.6. The van der Waals surface area contributed by atoms with Crippen LogP contribution in [0.15, 0.2) is 78.9 Å². The molecule has 0 fully saturated rings. The maximum absolute atomic E-state index is 13.4. The van der Waals surface area contributed by atoms with Gasteiger partial charge in [-0.05, 0) is 78.1 Å². The van der Waals surface area contributed by atoms with E-state index in [0.29, 0.717) is 34.0 Å². The minimum absolute atomic E-state index is 0.0487. The lowest BCUT2D eigenvalue weighted by Gasteiger charge is -2.12. The quantitative estimate of drug-likeness (QED) is 0.233. The average molecular weight is 461 g/mol. The lowest BCUT2D eigenvalue weighted by molar-refractivity contribution is -0.112. The van der Waals surface area contributed by atoms with E-state index in [1.807, 2.05) is 12.1 Å². The van der Waals surface area contributed by atoms with Gasteiger partial charge in [-0.2, -0.15) is 5.26 Å². The molecule has 6 heteroatoms. The van der Waals surface area contributed by atoms with Crippen LogP contribution in [-0.2, 0) is 17.8 Å². The van der Waals surface area contributed by atoms with Crippen LogP contribution in [0.5, 0.6) is 5.75 Å². The summed E-state index contributed by atoms with van der Waals surface area (Å²) in [6.07, 6.45) is 3.77. The van der Waals surface area contributed by atoms with Crippen LogP contribution in [0.1, 0.15) is 22.3 Å². The molecule has 3 aromatic carbocycles. The van der Waals surface area contributed by atoms with E-state index in [-0.39, 0.29) is 18.0 Å². The SMILES string of the molecule is C=CCc1cc(/C=C(\C#N)C(=O)Nc2cccc(Cl)c2C)ccc1OCc1cccc(F)c1. The summed E-state index contributed by atoms with van der Waals surface area (Å²) in [7, 11) is 0. The van der Waals surface area contributed by atoms with Crippen molar-refractivity contribution in [3.05, 3.63) is 112 Å². The van der Waals surface area contributed by atoms with E-state index in [9.17, 15) is 14.4 Å². The number of hydrogen-bond acceptors (Lipinski definition) is 3. The third-order valence-electron chi connectivity index (χ3n) is 4.92. The van der Waals surface area contributed by atoms with Crippen LogP contribution in [0.2, 0.25) is 5.02 Å². The highest BCUT2D eigenvalue weighted by Gasteiger charge is 2.13. The first-order chi connectivity index (χ1) is 15.9. The van der Waals surface area contributed by atoms with Crippen LogP contribution in [0.3, 0.4) is 0 Å². The lowest BCUT2D eigenvalue weighted by atomic mass is 10.0. The standard InChI is InChI=1S/C27H22ClFN2O2/c1-3-6-21-13-19(11-12-26(21)33-17-20-7-4-8-23(29)15-20)14-22(16-30)27(32)31-25-10-5-9-24(28)18(25)2/h3-5,7-15H,1,6,17H2,2H3,(H,31,32)/b22-14+. The topological polar surface area (TPSA) is 62.1 Å². The van der Waals surface area contributed by atoms with Crippen molar-refractivity contribution in [2.24, 2.45) is 0 Å². The van der Waals surface area contributed by atoms with Gasteiger partial charge in [0, 0.05) is 10.7 Å². The van der Waals surface area contributed by atoms with Gasteiger partial charge in [0.15, 0.2) is 0 Å². The van der Waals surface area contributed by atoms with Gasteiger partial charge in [-0.25, -0.2) is 4.39 Å². The van der Waals surface area contributed by atoms with E-state index in [4.69, 9.17) is 16.3 Å². The fourth-order valence-electron chi connectivity index (χ4n) is 3.18. The van der Waals surface area contributed by atoms with E-state index < -0.39 is 5.91 Å². The summed E-state index contributed by atoms with van der Waals surface area (Å²) in [6, 6.07) is 18.7. The number of allylic oxidation sites excluding steroid dienone is 1. The van der Waals surface area contributed by atoms with Crippen molar-refractivity contribution in [1.82, 2.24) is 0 Å². The summed E-state index contributed by atoms with van der Waals surface area (Å²) < 4.78 is 19.3. The molecule has 0 saturated heterocycles. The number of ether oxygens (including phenoxy) is 1. The van der Waals surface area contributed by atoms with E-state index in [1.54, 1.807) is 55.5 Å². The molecular weight excluding hydrogens is 439 g/mol. The van der Waals surface area contributed by atoms with Crippen molar-refractivity contribution in [2.45, 2.75) is 20.0 Å². The molecule has 166 valence electrons. The summed E-state index contributed by atoms with van der Waals surface area (Å²) in [5, 5.41) is 12.8.